The molecule has 0 amide bonds. The Bertz CT molecular complexity index is 753. The third-order valence-electron chi connectivity index (χ3n) is 3.51. The van der Waals surface area contributed by atoms with E-state index < -0.39 is 0 Å². The van der Waals surface area contributed by atoms with Gasteiger partial charge in [-0.25, -0.2) is 0 Å². The van der Waals surface area contributed by atoms with Gasteiger partial charge in [-0.3, -0.25) is 0 Å². The van der Waals surface area contributed by atoms with Crippen LogP contribution in [0.25, 0.3) is 10.8 Å². The Morgan fingerprint density at radius 3 is 2.43 bits per heavy atom. The van der Waals surface area contributed by atoms with E-state index in [4.69, 9.17) is 10.5 Å². The highest BCUT2D eigenvalue weighted by Crippen LogP contribution is 2.28. The van der Waals surface area contributed by atoms with Crippen molar-refractivity contribution in [2.75, 3.05) is 0 Å². The lowest BCUT2D eigenvalue weighted by Crippen LogP contribution is -2.03. The Balaban J connectivity index is 1.88. The molecule has 0 aliphatic carbocycles. The molecule has 2 nitrogen and oxygen atoms in total. The second-order valence-corrected chi connectivity index (χ2v) is 6.13. The maximum absolute atomic E-state index is 5.98. The van der Waals surface area contributed by atoms with Gasteiger partial charge in [-0.1, -0.05) is 42.5 Å². The molecule has 0 spiro atoms. The monoisotopic (exact) mass is 389 g/mol. The second-order valence-electron chi connectivity index (χ2n) is 4.88. The molecule has 0 aliphatic heterocycles. The van der Waals surface area contributed by atoms with Gasteiger partial charge in [0.05, 0.1) is 0 Å². The van der Waals surface area contributed by atoms with E-state index in [2.05, 4.69) is 65.1 Å². The van der Waals surface area contributed by atoms with Gasteiger partial charge in [-0.2, -0.15) is 0 Å². The lowest BCUT2D eigenvalue weighted by Gasteiger charge is -2.13. The first kappa shape index (κ1) is 14.4. The highest BCUT2D eigenvalue weighted by atomic mass is 127. The average molecular weight is 389 g/mol. The Labute approximate surface area is 138 Å². The van der Waals surface area contributed by atoms with Crippen LogP contribution < -0.4 is 10.5 Å². The van der Waals surface area contributed by atoms with E-state index in [0.717, 1.165) is 16.9 Å². The summed E-state index contributed by atoms with van der Waals surface area (Å²) in [6.07, 6.45) is 0. The van der Waals surface area contributed by atoms with Crippen LogP contribution in [-0.4, -0.2) is 0 Å². The second kappa shape index (κ2) is 6.45. The molecule has 0 aromatic heterocycles. The lowest BCUT2D eigenvalue weighted by molar-refractivity contribution is 0.303. The predicted octanol–water partition coefficient (Wildman–Crippen LogP) is 4.48. The highest BCUT2D eigenvalue weighted by Gasteiger charge is 2.07. The number of nitrogens with two attached hydrogens (primary N) is 1. The summed E-state index contributed by atoms with van der Waals surface area (Å²) in [5, 5.41) is 2.36. The van der Waals surface area contributed by atoms with E-state index in [-0.39, 0.29) is 0 Å². The molecule has 0 radical (unpaired) electrons. The van der Waals surface area contributed by atoms with Crippen LogP contribution in [0.1, 0.15) is 11.1 Å². The zero-order valence-electron chi connectivity index (χ0n) is 11.6. The van der Waals surface area contributed by atoms with Gasteiger partial charge in [0, 0.05) is 15.7 Å². The molecule has 2 N–H and O–H groups in total. The van der Waals surface area contributed by atoms with Gasteiger partial charge in [0.25, 0.3) is 0 Å². The normalized spacial score (nSPS) is 10.8. The average Bonchev–Trinajstić information content (AvgIpc) is 2.53. The van der Waals surface area contributed by atoms with Crippen LogP contribution in [0.2, 0.25) is 0 Å². The molecule has 3 heteroatoms. The Hall–Kier alpha value is -1.59. The third kappa shape index (κ3) is 3.19. The van der Waals surface area contributed by atoms with E-state index in [1.165, 1.54) is 14.3 Å². The summed E-state index contributed by atoms with van der Waals surface area (Å²) in [5.41, 5.74) is 8.15. The first-order chi connectivity index (χ1) is 10.3. The maximum atomic E-state index is 5.98. The first-order valence-corrected chi connectivity index (χ1v) is 7.94. The Kier molecular flexibility index (Phi) is 4.41. The summed E-state index contributed by atoms with van der Waals surface area (Å²) in [6.45, 7) is 1.03. The Morgan fingerprint density at radius 2 is 1.67 bits per heavy atom. The van der Waals surface area contributed by atoms with Gasteiger partial charge in [0.1, 0.15) is 12.4 Å². The summed E-state index contributed by atoms with van der Waals surface area (Å²) in [6, 6.07) is 20.7. The number of hydrogen-bond acceptors (Lipinski definition) is 2. The SMILES string of the molecule is NCc1c(OCc2ccc(I)cc2)ccc2ccccc12. The molecule has 0 aliphatic rings. The number of hydrogen-bond donors (Lipinski definition) is 1. The van der Waals surface area contributed by atoms with Gasteiger partial charge in [-0.05, 0) is 57.1 Å². The lowest BCUT2D eigenvalue weighted by atomic mass is 10.0. The van der Waals surface area contributed by atoms with E-state index in [1.54, 1.807) is 0 Å². The van der Waals surface area contributed by atoms with Crippen molar-refractivity contribution in [2.45, 2.75) is 13.2 Å². The minimum absolute atomic E-state index is 0.476. The summed E-state index contributed by atoms with van der Waals surface area (Å²) < 4.78 is 7.21. The molecule has 0 bridgehead atoms. The molecular formula is C18H16INO. The van der Waals surface area contributed by atoms with Crippen molar-refractivity contribution in [3.05, 3.63) is 75.4 Å². The van der Waals surface area contributed by atoms with Crippen LogP contribution in [0.5, 0.6) is 5.75 Å². The van der Waals surface area contributed by atoms with Gasteiger partial charge in [0.2, 0.25) is 0 Å². The van der Waals surface area contributed by atoms with Crippen LogP contribution in [0.4, 0.5) is 0 Å². The van der Waals surface area contributed by atoms with Gasteiger partial charge >= 0.3 is 0 Å². The third-order valence-corrected chi connectivity index (χ3v) is 4.23. The van der Waals surface area contributed by atoms with Crippen LogP contribution in [0, 0.1) is 3.57 Å². The fraction of sp³-hybridized carbons (Fsp3) is 0.111. The van der Waals surface area contributed by atoms with Crippen molar-refractivity contribution in [3.63, 3.8) is 0 Å². The van der Waals surface area contributed by atoms with Crippen LogP contribution in [0.15, 0.2) is 60.7 Å². The topological polar surface area (TPSA) is 35.2 Å². The number of rotatable bonds is 4. The smallest absolute Gasteiger partial charge is 0.124 e. The Morgan fingerprint density at radius 1 is 0.905 bits per heavy atom. The van der Waals surface area contributed by atoms with Crippen molar-refractivity contribution < 1.29 is 4.74 Å². The molecule has 106 valence electrons. The minimum atomic E-state index is 0.476. The van der Waals surface area contributed by atoms with E-state index in [1.807, 2.05) is 18.2 Å². The van der Waals surface area contributed by atoms with Crippen molar-refractivity contribution in [3.8, 4) is 5.75 Å². The molecule has 0 heterocycles. The summed E-state index contributed by atoms with van der Waals surface area (Å²) in [4.78, 5) is 0. The number of benzene rings is 3. The fourth-order valence-electron chi connectivity index (χ4n) is 2.40. The zero-order valence-corrected chi connectivity index (χ0v) is 13.7. The van der Waals surface area contributed by atoms with Crippen LogP contribution >= 0.6 is 22.6 Å². The predicted molar refractivity (Wildman–Crippen MR) is 95.3 cm³/mol. The molecule has 0 unspecified atom stereocenters. The van der Waals surface area contributed by atoms with Crippen LogP contribution in [0.3, 0.4) is 0 Å². The van der Waals surface area contributed by atoms with Crippen molar-refractivity contribution in [2.24, 2.45) is 5.73 Å². The van der Waals surface area contributed by atoms with Crippen molar-refractivity contribution >= 4 is 33.4 Å². The number of fused-ring (bicyclic) bond motifs is 1. The van der Waals surface area contributed by atoms with Crippen molar-refractivity contribution in [1.82, 2.24) is 0 Å². The van der Waals surface area contributed by atoms with Gasteiger partial charge in [-0.15, -0.1) is 0 Å². The fourth-order valence-corrected chi connectivity index (χ4v) is 2.76. The minimum Gasteiger partial charge on any atom is -0.489 e. The zero-order chi connectivity index (χ0) is 14.7. The van der Waals surface area contributed by atoms with E-state index in [9.17, 15) is 0 Å². The molecule has 0 fully saturated rings. The standard InChI is InChI=1S/C18H16INO/c19-15-8-5-13(6-9-15)12-21-18-10-7-14-3-1-2-4-16(14)17(18)11-20/h1-10H,11-12,20H2. The molecule has 3 aromatic rings. The molecule has 3 aromatic carbocycles. The van der Waals surface area contributed by atoms with Gasteiger partial charge in [0.15, 0.2) is 0 Å². The van der Waals surface area contributed by atoms with Crippen LogP contribution in [-0.2, 0) is 13.2 Å². The summed E-state index contributed by atoms with van der Waals surface area (Å²) in [5.74, 6) is 0.870. The maximum Gasteiger partial charge on any atom is 0.124 e. The number of ether oxygens (including phenoxy) is 1. The largest absolute Gasteiger partial charge is 0.489 e. The molecule has 0 saturated carbocycles. The van der Waals surface area contributed by atoms with E-state index in [0.29, 0.717) is 13.2 Å². The van der Waals surface area contributed by atoms with Gasteiger partial charge < -0.3 is 10.5 Å². The molecule has 0 saturated heterocycles. The highest BCUT2D eigenvalue weighted by molar-refractivity contribution is 14.1. The first-order valence-electron chi connectivity index (χ1n) is 6.86. The molecular weight excluding hydrogens is 373 g/mol. The molecule has 3 rings (SSSR count). The number of halogens is 1. The van der Waals surface area contributed by atoms with E-state index >= 15 is 0 Å². The molecule has 21 heavy (non-hydrogen) atoms. The quantitative estimate of drug-likeness (QED) is 0.668. The summed E-state index contributed by atoms with van der Waals surface area (Å²) >= 11 is 2.30. The van der Waals surface area contributed by atoms with Crippen molar-refractivity contribution in [1.29, 1.82) is 0 Å². The summed E-state index contributed by atoms with van der Waals surface area (Å²) in [7, 11) is 0. The molecule has 0 atom stereocenters.